The lowest BCUT2D eigenvalue weighted by Crippen LogP contribution is -2.04. The van der Waals surface area contributed by atoms with Crippen molar-refractivity contribution in [3.63, 3.8) is 0 Å². The maximum absolute atomic E-state index is 7.02. The fourth-order valence-electron chi connectivity index (χ4n) is 17.4. The van der Waals surface area contributed by atoms with Crippen LogP contribution in [0.4, 0.5) is 0 Å². The first kappa shape index (κ1) is 57.6. The van der Waals surface area contributed by atoms with Gasteiger partial charge in [0, 0.05) is 85.8 Å². The standard InChI is InChI=1S/C96H52N6O3S/c1-2-20-53(21-3-1)59-48-60(50-61(49-59)87-93-89(71-32-14-19-37-79(71)105-93)100-96(98-87)101-75-33-15-10-29-68(75)82-64-25-6-8-27-66(64)84-70-31-13-18-36-78(70)104-92(84)90(82)101)55-40-38-54(39-41-55)57-44-47-81-74(51-57)85-67-28-9-7-26-65(67)83-69-30-11-16-34-76(69)102(91(83)94(85)106-81)95-97-86(72-45-42-56-22-4-5-23-62(56)88(72)99-95)58-43-46-80-73(52-58)63-24-12-17-35-77(63)103-80/h1-52H. The predicted molar refractivity (Wildman–Crippen MR) is 438 cm³/mol. The van der Waals surface area contributed by atoms with Gasteiger partial charge in [0.25, 0.3) is 0 Å². The zero-order chi connectivity index (χ0) is 69.0. The van der Waals surface area contributed by atoms with E-state index in [1.54, 1.807) is 0 Å². The zero-order valence-electron chi connectivity index (χ0n) is 56.3. The summed E-state index contributed by atoms with van der Waals surface area (Å²) in [5.41, 5.74) is 20.2. The summed E-state index contributed by atoms with van der Waals surface area (Å²) in [7, 11) is 0. The number of fused-ring (bicyclic) bond motifs is 29. The van der Waals surface area contributed by atoms with Crippen molar-refractivity contribution in [2.75, 3.05) is 0 Å². The van der Waals surface area contributed by atoms with Gasteiger partial charge in [-0.15, -0.1) is 11.3 Å². The Kier molecular flexibility index (Phi) is 11.8. The molecule has 0 saturated carbocycles. The van der Waals surface area contributed by atoms with Crippen molar-refractivity contribution in [2.45, 2.75) is 0 Å². The second-order valence-corrected chi connectivity index (χ2v) is 28.9. The molecule has 24 aromatic rings. The highest BCUT2D eigenvalue weighted by Crippen LogP contribution is 2.51. The van der Waals surface area contributed by atoms with Crippen molar-refractivity contribution in [3.8, 4) is 67.8 Å². The minimum Gasteiger partial charge on any atom is -0.456 e. The molecular weight excluding hydrogens is 1320 g/mol. The van der Waals surface area contributed by atoms with E-state index in [1.807, 2.05) is 47.7 Å². The molecule has 106 heavy (non-hydrogen) atoms. The number of aromatic nitrogens is 6. The molecule has 0 saturated heterocycles. The molecule has 0 spiro atoms. The number of benzene rings is 16. The van der Waals surface area contributed by atoms with Gasteiger partial charge < -0.3 is 13.3 Å². The Balaban J connectivity index is 0.682. The minimum absolute atomic E-state index is 0.514. The number of para-hydroxylation sites is 5. The number of rotatable bonds is 7. The van der Waals surface area contributed by atoms with Crippen LogP contribution in [-0.2, 0) is 0 Å². The van der Waals surface area contributed by atoms with E-state index in [1.165, 1.54) is 36.3 Å². The van der Waals surface area contributed by atoms with Gasteiger partial charge in [-0.1, -0.05) is 224 Å². The smallest absolute Gasteiger partial charge is 0.236 e. The van der Waals surface area contributed by atoms with Gasteiger partial charge >= 0.3 is 0 Å². The molecule has 0 bridgehead atoms. The molecule has 8 aromatic heterocycles. The summed E-state index contributed by atoms with van der Waals surface area (Å²) < 4.78 is 27.3. The van der Waals surface area contributed by atoms with Crippen molar-refractivity contribution in [1.29, 1.82) is 0 Å². The molecule has 8 heterocycles. The lowest BCUT2D eigenvalue weighted by molar-refractivity contribution is 0.666. The summed E-state index contributed by atoms with van der Waals surface area (Å²) in [5.74, 6) is 1.13. The number of nitrogens with zero attached hydrogens (tertiary/aromatic N) is 6. The summed E-state index contributed by atoms with van der Waals surface area (Å²) >= 11 is 1.84. The van der Waals surface area contributed by atoms with Crippen LogP contribution in [0.3, 0.4) is 0 Å². The highest BCUT2D eigenvalue weighted by Gasteiger charge is 2.29. The molecule has 0 aliphatic heterocycles. The van der Waals surface area contributed by atoms with E-state index in [0.29, 0.717) is 23.2 Å². The van der Waals surface area contributed by atoms with E-state index < -0.39 is 0 Å². The second kappa shape index (κ2) is 21.7. The first-order valence-corrected chi connectivity index (χ1v) is 36.5. The molecule has 0 radical (unpaired) electrons. The van der Waals surface area contributed by atoms with E-state index in [4.69, 9.17) is 33.2 Å². The van der Waals surface area contributed by atoms with E-state index >= 15 is 0 Å². The van der Waals surface area contributed by atoms with E-state index in [2.05, 4.69) is 288 Å². The second-order valence-electron chi connectivity index (χ2n) is 27.8. The lowest BCUT2D eigenvalue weighted by Gasteiger charge is -2.14. The molecule has 0 atom stereocenters. The van der Waals surface area contributed by atoms with Crippen LogP contribution in [0.1, 0.15) is 0 Å². The molecule has 0 unspecified atom stereocenters. The normalized spacial score (nSPS) is 12.3. The van der Waals surface area contributed by atoms with Crippen LogP contribution in [-0.4, -0.2) is 29.1 Å². The summed E-state index contributed by atoms with van der Waals surface area (Å²) in [6.07, 6.45) is 0. The molecular formula is C96H52N6O3S. The molecule has 0 aliphatic rings. The molecule has 24 rings (SSSR count). The minimum atomic E-state index is 0.514. The Labute approximate surface area is 605 Å². The van der Waals surface area contributed by atoms with Crippen LogP contribution in [0.5, 0.6) is 0 Å². The Morgan fingerprint density at radius 3 is 1.44 bits per heavy atom. The Bertz CT molecular complexity index is 7970. The predicted octanol–water partition coefficient (Wildman–Crippen LogP) is 26.5. The van der Waals surface area contributed by atoms with Crippen molar-refractivity contribution in [3.05, 3.63) is 315 Å². The maximum Gasteiger partial charge on any atom is 0.236 e. The number of thiophene rings is 1. The van der Waals surface area contributed by atoms with Gasteiger partial charge in [0.1, 0.15) is 39.1 Å². The Morgan fingerprint density at radius 2 is 0.726 bits per heavy atom. The van der Waals surface area contributed by atoms with Gasteiger partial charge in [0.2, 0.25) is 11.9 Å². The Hall–Kier alpha value is -14.1. The van der Waals surface area contributed by atoms with Gasteiger partial charge in [-0.25, -0.2) is 19.9 Å². The topological polar surface area (TPSA) is 101 Å². The third kappa shape index (κ3) is 8.18. The van der Waals surface area contributed by atoms with Crippen LogP contribution in [0.25, 0.3) is 241 Å². The molecule has 9 nitrogen and oxygen atoms in total. The van der Waals surface area contributed by atoms with Gasteiger partial charge in [0.15, 0.2) is 11.2 Å². The fraction of sp³-hybridized carbons (Fsp3) is 0. The van der Waals surface area contributed by atoms with Crippen molar-refractivity contribution in [1.82, 2.24) is 29.1 Å². The van der Waals surface area contributed by atoms with Gasteiger partial charge in [0.05, 0.1) is 32.5 Å². The highest BCUT2D eigenvalue weighted by molar-refractivity contribution is 7.27. The average Bonchev–Trinajstić information content (AvgIpc) is 1.53. The SMILES string of the molecule is c1ccc(-c2cc(-c3ccc(-c4ccc5sc6c(c5c4)c4ccccc4c4c5ccccc5n(-c5nc(-c7ccc8oc9ccccc9c8c7)c7ccc8ccccc8c7n5)c64)cc3)cc(-c3nc(-n4c5ccccc5c5c6ccccc6c6c7ccccc7oc6c54)nc4c3oc3ccccc34)c2)cc1. The average molecular weight is 1370 g/mol. The van der Waals surface area contributed by atoms with Crippen LogP contribution < -0.4 is 0 Å². The molecule has 0 aliphatic carbocycles. The summed E-state index contributed by atoms with van der Waals surface area (Å²) in [6.45, 7) is 0. The molecule has 16 aromatic carbocycles. The third-order valence-corrected chi connectivity index (χ3v) is 23.3. The van der Waals surface area contributed by atoms with Gasteiger partial charge in [-0.3, -0.25) is 9.13 Å². The molecule has 0 N–H and O–H groups in total. The molecule has 10 heteroatoms. The van der Waals surface area contributed by atoms with Crippen LogP contribution in [0.2, 0.25) is 0 Å². The summed E-state index contributed by atoms with van der Waals surface area (Å²) in [5, 5.41) is 19.9. The van der Waals surface area contributed by atoms with E-state index in [9.17, 15) is 0 Å². The monoisotopic (exact) mass is 1370 g/mol. The quantitative estimate of drug-likeness (QED) is 0.147. The molecule has 490 valence electrons. The zero-order valence-corrected chi connectivity index (χ0v) is 57.2. The molecule has 0 fully saturated rings. The Morgan fingerprint density at radius 1 is 0.245 bits per heavy atom. The largest absolute Gasteiger partial charge is 0.456 e. The lowest BCUT2D eigenvalue weighted by atomic mass is 9.93. The first-order valence-electron chi connectivity index (χ1n) is 35.7. The van der Waals surface area contributed by atoms with E-state index in [-0.39, 0.29) is 0 Å². The molecule has 0 amide bonds. The highest BCUT2D eigenvalue weighted by atomic mass is 32.1. The fourth-order valence-corrected chi connectivity index (χ4v) is 18.6. The van der Waals surface area contributed by atoms with Crippen LogP contribution in [0.15, 0.2) is 329 Å². The number of hydrogen-bond acceptors (Lipinski definition) is 8. The number of furan rings is 3. The summed E-state index contributed by atoms with van der Waals surface area (Å²) in [4.78, 5) is 22.7. The van der Waals surface area contributed by atoms with Gasteiger partial charge in [-0.2, -0.15) is 0 Å². The third-order valence-electron chi connectivity index (χ3n) is 22.1. The van der Waals surface area contributed by atoms with Crippen molar-refractivity contribution < 1.29 is 13.3 Å². The first-order chi connectivity index (χ1) is 52.5. The van der Waals surface area contributed by atoms with Crippen LogP contribution in [0, 0.1) is 0 Å². The summed E-state index contributed by atoms with van der Waals surface area (Å²) in [6, 6.07) is 113. The van der Waals surface area contributed by atoms with Crippen molar-refractivity contribution in [2.24, 2.45) is 0 Å². The van der Waals surface area contributed by atoms with Crippen molar-refractivity contribution >= 4 is 184 Å². The van der Waals surface area contributed by atoms with E-state index in [0.717, 1.165) is 181 Å². The maximum atomic E-state index is 7.02. The number of hydrogen-bond donors (Lipinski definition) is 0. The van der Waals surface area contributed by atoms with Crippen LogP contribution >= 0.6 is 11.3 Å². The van der Waals surface area contributed by atoms with Gasteiger partial charge in [-0.05, 0) is 151 Å².